The summed E-state index contributed by atoms with van der Waals surface area (Å²) in [7, 11) is 1.68. The summed E-state index contributed by atoms with van der Waals surface area (Å²) in [5.74, 6) is 0.911. The van der Waals surface area contributed by atoms with Gasteiger partial charge in [0.15, 0.2) is 0 Å². The smallest absolute Gasteiger partial charge is 0.126 e. The molecule has 3 nitrogen and oxygen atoms in total. The Morgan fingerprint density at radius 2 is 2.06 bits per heavy atom. The SMILES string of the molecule is CCNCC/C=C/c1ccccc1OCCOC. The number of benzene rings is 1. The van der Waals surface area contributed by atoms with Gasteiger partial charge >= 0.3 is 0 Å². The first-order valence-corrected chi connectivity index (χ1v) is 6.46. The van der Waals surface area contributed by atoms with Gasteiger partial charge in [-0.2, -0.15) is 0 Å². The lowest BCUT2D eigenvalue weighted by molar-refractivity contribution is 0.146. The normalized spacial score (nSPS) is 11.0. The molecule has 0 unspecified atom stereocenters. The van der Waals surface area contributed by atoms with Gasteiger partial charge in [0.2, 0.25) is 0 Å². The summed E-state index contributed by atoms with van der Waals surface area (Å²) in [5, 5.41) is 3.29. The van der Waals surface area contributed by atoms with E-state index in [1.54, 1.807) is 7.11 Å². The molecule has 1 rings (SSSR count). The molecule has 1 aromatic rings. The molecule has 0 saturated heterocycles. The maximum absolute atomic E-state index is 5.66. The average molecular weight is 249 g/mol. The molecule has 0 amide bonds. The molecular formula is C15H23NO2. The van der Waals surface area contributed by atoms with Gasteiger partial charge in [0.1, 0.15) is 12.4 Å². The largest absolute Gasteiger partial charge is 0.491 e. The molecule has 0 heterocycles. The van der Waals surface area contributed by atoms with E-state index in [1.165, 1.54) is 0 Å². The van der Waals surface area contributed by atoms with Crippen LogP contribution < -0.4 is 10.1 Å². The summed E-state index contributed by atoms with van der Waals surface area (Å²) >= 11 is 0. The van der Waals surface area contributed by atoms with Crippen molar-refractivity contribution < 1.29 is 9.47 Å². The topological polar surface area (TPSA) is 30.5 Å². The molecular weight excluding hydrogens is 226 g/mol. The first-order chi connectivity index (χ1) is 8.88. The highest BCUT2D eigenvalue weighted by Gasteiger charge is 1.98. The Kier molecular flexibility index (Phi) is 7.93. The zero-order valence-corrected chi connectivity index (χ0v) is 11.3. The van der Waals surface area contributed by atoms with Gasteiger partial charge in [-0.15, -0.1) is 0 Å². The van der Waals surface area contributed by atoms with Crippen molar-refractivity contribution in [2.45, 2.75) is 13.3 Å². The minimum absolute atomic E-state index is 0.582. The van der Waals surface area contributed by atoms with Crippen molar-refractivity contribution in [1.82, 2.24) is 5.32 Å². The predicted molar refractivity (Wildman–Crippen MR) is 76.0 cm³/mol. The van der Waals surface area contributed by atoms with Crippen molar-refractivity contribution in [2.75, 3.05) is 33.4 Å². The Bertz CT molecular complexity index is 350. The zero-order chi connectivity index (χ0) is 13.1. The fourth-order valence-electron chi connectivity index (χ4n) is 1.56. The molecule has 0 aliphatic rings. The highest BCUT2D eigenvalue weighted by molar-refractivity contribution is 5.57. The second-order valence-electron chi connectivity index (χ2n) is 3.92. The summed E-state index contributed by atoms with van der Waals surface area (Å²) in [4.78, 5) is 0. The van der Waals surface area contributed by atoms with Crippen LogP contribution in [0.2, 0.25) is 0 Å². The van der Waals surface area contributed by atoms with E-state index in [-0.39, 0.29) is 0 Å². The van der Waals surface area contributed by atoms with Gasteiger partial charge in [0, 0.05) is 12.7 Å². The minimum Gasteiger partial charge on any atom is -0.491 e. The number of methoxy groups -OCH3 is 1. The molecule has 3 heteroatoms. The fourth-order valence-corrected chi connectivity index (χ4v) is 1.56. The number of hydrogen-bond donors (Lipinski definition) is 1. The van der Waals surface area contributed by atoms with E-state index in [2.05, 4.69) is 30.5 Å². The Morgan fingerprint density at radius 3 is 2.83 bits per heavy atom. The first-order valence-electron chi connectivity index (χ1n) is 6.46. The van der Waals surface area contributed by atoms with Crippen LogP contribution >= 0.6 is 0 Å². The van der Waals surface area contributed by atoms with Crippen LogP contribution in [0, 0.1) is 0 Å². The highest BCUT2D eigenvalue weighted by atomic mass is 16.5. The maximum atomic E-state index is 5.66. The second kappa shape index (κ2) is 9.68. The Labute approximate surface area is 110 Å². The van der Waals surface area contributed by atoms with E-state index in [1.807, 2.05) is 18.2 Å². The van der Waals surface area contributed by atoms with E-state index in [0.717, 1.165) is 30.8 Å². The molecule has 0 aliphatic heterocycles. The predicted octanol–water partition coefficient (Wildman–Crippen LogP) is 2.72. The lowest BCUT2D eigenvalue weighted by Crippen LogP contribution is -2.12. The third kappa shape index (κ3) is 5.84. The zero-order valence-electron chi connectivity index (χ0n) is 11.3. The number of rotatable bonds is 9. The van der Waals surface area contributed by atoms with Crippen LogP contribution in [-0.4, -0.2) is 33.4 Å². The minimum atomic E-state index is 0.582. The quantitative estimate of drug-likeness (QED) is 0.683. The number of nitrogens with one attached hydrogen (secondary N) is 1. The van der Waals surface area contributed by atoms with E-state index < -0.39 is 0 Å². The van der Waals surface area contributed by atoms with Gasteiger partial charge in [-0.1, -0.05) is 37.3 Å². The lowest BCUT2D eigenvalue weighted by atomic mass is 10.2. The Balaban J connectivity index is 2.47. The molecule has 18 heavy (non-hydrogen) atoms. The van der Waals surface area contributed by atoms with Crippen LogP contribution in [0.4, 0.5) is 0 Å². The van der Waals surface area contributed by atoms with Gasteiger partial charge < -0.3 is 14.8 Å². The molecule has 0 aromatic heterocycles. The van der Waals surface area contributed by atoms with Crippen molar-refractivity contribution >= 4 is 6.08 Å². The van der Waals surface area contributed by atoms with Crippen LogP contribution in [-0.2, 0) is 4.74 Å². The number of para-hydroxylation sites is 1. The number of ether oxygens (including phenoxy) is 2. The summed E-state index contributed by atoms with van der Waals surface area (Å²) in [6.45, 7) is 5.34. The molecule has 0 aliphatic carbocycles. The van der Waals surface area contributed by atoms with Crippen LogP contribution in [0.15, 0.2) is 30.3 Å². The summed E-state index contributed by atoms with van der Waals surface area (Å²) in [5.41, 5.74) is 1.12. The van der Waals surface area contributed by atoms with Crippen molar-refractivity contribution in [3.8, 4) is 5.75 Å². The van der Waals surface area contributed by atoms with Gasteiger partial charge in [-0.25, -0.2) is 0 Å². The maximum Gasteiger partial charge on any atom is 0.126 e. The van der Waals surface area contributed by atoms with Crippen molar-refractivity contribution in [3.05, 3.63) is 35.9 Å². The molecule has 1 aromatic carbocycles. The summed E-state index contributed by atoms with van der Waals surface area (Å²) in [6.07, 6.45) is 5.31. The Hall–Kier alpha value is -1.32. The van der Waals surface area contributed by atoms with Gasteiger partial charge in [0.05, 0.1) is 6.61 Å². The van der Waals surface area contributed by atoms with Crippen molar-refractivity contribution in [1.29, 1.82) is 0 Å². The standard InChI is InChI=1S/C15H23NO2/c1-3-16-11-7-6-9-14-8-4-5-10-15(14)18-13-12-17-2/h4-6,8-10,16H,3,7,11-13H2,1-2H3/b9-6+. The molecule has 0 bridgehead atoms. The highest BCUT2D eigenvalue weighted by Crippen LogP contribution is 2.19. The van der Waals surface area contributed by atoms with Gasteiger partial charge in [-0.05, 0) is 25.6 Å². The van der Waals surface area contributed by atoms with Crippen LogP contribution in [0.25, 0.3) is 6.08 Å². The number of hydrogen-bond acceptors (Lipinski definition) is 3. The van der Waals surface area contributed by atoms with Crippen LogP contribution in [0.1, 0.15) is 18.9 Å². The van der Waals surface area contributed by atoms with Crippen molar-refractivity contribution in [2.24, 2.45) is 0 Å². The molecule has 0 spiro atoms. The molecule has 1 N–H and O–H groups in total. The first kappa shape index (κ1) is 14.7. The average Bonchev–Trinajstić information content (AvgIpc) is 2.40. The lowest BCUT2D eigenvalue weighted by Gasteiger charge is -2.08. The van der Waals surface area contributed by atoms with E-state index >= 15 is 0 Å². The monoisotopic (exact) mass is 249 g/mol. The molecule has 0 fully saturated rings. The third-order valence-corrected chi connectivity index (χ3v) is 2.50. The summed E-state index contributed by atoms with van der Waals surface area (Å²) in [6, 6.07) is 8.05. The van der Waals surface area contributed by atoms with E-state index in [4.69, 9.17) is 9.47 Å². The molecule has 0 atom stereocenters. The third-order valence-electron chi connectivity index (χ3n) is 2.50. The van der Waals surface area contributed by atoms with Gasteiger partial charge in [-0.3, -0.25) is 0 Å². The van der Waals surface area contributed by atoms with Crippen molar-refractivity contribution in [3.63, 3.8) is 0 Å². The van der Waals surface area contributed by atoms with E-state index in [0.29, 0.717) is 13.2 Å². The Morgan fingerprint density at radius 1 is 1.22 bits per heavy atom. The fraction of sp³-hybridized carbons (Fsp3) is 0.467. The molecule has 0 saturated carbocycles. The van der Waals surface area contributed by atoms with Crippen LogP contribution in [0.5, 0.6) is 5.75 Å². The second-order valence-corrected chi connectivity index (χ2v) is 3.92. The van der Waals surface area contributed by atoms with Gasteiger partial charge in [0.25, 0.3) is 0 Å². The summed E-state index contributed by atoms with van der Waals surface area (Å²) < 4.78 is 10.6. The molecule has 0 radical (unpaired) electrons. The van der Waals surface area contributed by atoms with Crippen LogP contribution in [0.3, 0.4) is 0 Å². The van der Waals surface area contributed by atoms with E-state index in [9.17, 15) is 0 Å². The molecule has 100 valence electrons.